The fraction of sp³-hybridized carbons (Fsp3) is 0.200. The number of hydrogen-bond donors (Lipinski definition) is 3. The molecule has 0 bridgehead atoms. The van der Waals surface area contributed by atoms with E-state index in [1.54, 1.807) is 0 Å². The molecular weight excluding hydrogens is 198 g/mol. The van der Waals surface area contributed by atoms with E-state index in [1.807, 2.05) is 0 Å². The Morgan fingerprint density at radius 3 is 2.69 bits per heavy atom. The summed E-state index contributed by atoms with van der Waals surface area (Å²) >= 11 is 0. The largest absolute Gasteiger partial charge is 0.383 e. The van der Waals surface area contributed by atoms with Gasteiger partial charge in [0, 0.05) is 11.8 Å². The highest BCUT2D eigenvalue weighted by Gasteiger charge is 2.10. The van der Waals surface area contributed by atoms with Crippen LogP contribution in [0.3, 0.4) is 0 Å². The van der Waals surface area contributed by atoms with Gasteiger partial charge in [0.1, 0.15) is 11.6 Å². The number of nitrogens with two attached hydrogens (primary N) is 1. The van der Waals surface area contributed by atoms with E-state index in [1.165, 1.54) is 0 Å². The van der Waals surface area contributed by atoms with Gasteiger partial charge >= 0.3 is 5.69 Å². The molecular formula is C5H7N3O4S. The number of hydrogen-bond acceptors (Lipinski definition) is 5. The number of anilines is 1. The molecule has 0 aromatic carbocycles. The molecule has 13 heavy (non-hydrogen) atoms. The van der Waals surface area contributed by atoms with Crippen molar-refractivity contribution in [2.45, 2.75) is 5.75 Å². The summed E-state index contributed by atoms with van der Waals surface area (Å²) in [6, 6.07) is 0. The molecule has 0 spiro atoms. The van der Waals surface area contributed by atoms with Crippen molar-refractivity contribution in [1.29, 1.82) is 0 Å². The van der Waals surface area contributed by atoms with Gasteiger partial charge in [-0.3, -0.25) is 4.55 Å². The van der Waals surface area contributed by atoms with Gasteiger partial charge in [0.2, 0.25) is 0 Å². The Bertz CT molecular complexity index is 463. The molecule has 0 saturated carbocycles. The molecule has 0 aliphatic rings. The van der Waals surface area contributed by atoms with Crippen molar-refractivity contribution in [3.05, 3.63) is 22.2 Å². The van der Waals surface area contributed by atoms with Crippen molar-refractivity contribution in [3.8, 4) is 0 Å². The SMILES string of the molecule is Nc1nc(=O)[nH]cc1CS(=O)(=O)O. The molecule has 1 rings (SSSR count). The van der Waals surface area contributed by atoms with Crippen molar-refractivity contribution in [2.75, 3.05) is 5.73 Å². The van der Waals surface area contributed by atoms with Crippen molar-refractivity contribution >= 4 is 15.9 Å². The van der Waals surface area contributed by atoms with Crippen LogP contribution < -0.4 is 11.4 Å². The Kier molecular flexibility index (Phi) is 2.34. The highest BCUT2D eigenvalue weighted by atomic mass is 32.2. The molecule has 1 aromatic heterocycles. The molecule has 1 aromatic rings. The molecule has 0 amide bonds. The molecule has 1 heterocycles. The summed E-state index contributed by atoms with van der Waals surface area (Å²) in [5, 5.41) is 0. The molecule has 0 fully saturated rings. The van der Waals surface area contributed by atoms with Crippen LogP contribution in [-0.2, 0) is 15.9 Å². The molecule has 0 saturated heterocycles. The first-order chi connectivity index (χ1) is 5.88. The van der Waals surface area contributed by atoms with Gasteiger partial charge in [-0.1, -0.05) is 0 Å². The second kappa shape index (κ2) is 3.15. The first kappa shape index (κ1) is 9.68. The second-order valence-electron chi connectivity index (χ2n) is 2.34. The van der Waals surface area contributed by atoms with E-state index in [-0.39, 0.29) is 11.4 Å². The van der Waals surface area contributed by atoms with Crippen molar-refractivity contribution < 1.29 is 13.0 Å². The topological polar surface area (TPSA) is 126 Å². The molecule has 0 atom stereocenters. The summed E-state index contributed by atoms with van der Waals surface area (Å²) in [6.07, 6.45) is 1.10. The Hall–Kier alpha value is -1.41. The normalized spacial score (nSPS) is 11.5. The number of rotatable bonds is 2. The maximum atomic E-state index is 10.5. The number of nitrogen functional groups attached to an aromatic ring is 1. The fourth-order valence-corrected chi connectivity index (χ4v) is 1.37. The summed E-state index contributed by atoms with van der Waals surface area (Å²) in [5.41, 5.74) is 4.61. The van der Waals surface area contributed by atoms with Crippen LogP contribution in [0.2, 0.25) is 0 Å². The Morgan fingerprint density at radius 1 is 1.62 bits per heavy atom. The van der Waals surface area contributed by atoms with Crippen molar-refractivity contribution in [1.82, 2.24) is 9.97 Å². The predicted octanol–water partition coefficient (Wildman–Crippen LogP) is -1.26. The van der Waals surface area contributed by atoms with Gasteiger partial charge in [-0.05, 0) is 0 Å². The third kappa shape index (κ3) is 2.84. The van der Waals surface area contributed by atoms with Gasteiger partial charge in [-0.25, -0.2) is 4.79 Å². The van der Waals surface area contributed by atoms with Gasteiger partial charge in [0.05, 0.1) is 0 Å². The number of nitrogens with zero attached hydrogens (tertiary/aromatic N) is 1. The van der Waals surface area contributed by atoms with E-state index in [0.29, 0.717) is 0 Å². The van der Waals surface area contributed by atoms with E-state index in [0.717, 1.165) is 6.20 Å². The van der Waals surface area contributed by atoms with Crippen LogP contribution in [0, 0.1) is 0 Å². The molecule has 8 heteroatoms. The highest BCUT2D eigenvalue weighted by molar-refractivity contribution is 7.85. The van der Waals surface area contributed by atoms with Crippen molar-refractivity contribution in [3.63, 3.8) is 0 Å². The average molecular weight is 205 g/mol. The predicted molar refractivity (Wildman–Crippen MR) is 44.5 cm³/mol. The maximum Gasteiger partial charge on any atom is 0.346 e. The monoisotopic (exact) mass is 205 g/mol. The standard InChI is InChI=1S/C5H7N3O4S/c6-4-3(2-13(10,11)12)1-7-5(9)8-4/h1H,2H2,(H,10,11,12)(H3,6,7,8,9). The van der Waals surface area contributed by atoms with E-state index in [2.05, 4.69) is 9.97 Å². The van der Waals surface area contributed by atoms with E-state index in [4.69, 9.17) is 10.3 Å². The zero-order chi connectivity index (χ0) is 10.1. The lowest BCUT2D eigenvalue weighted by Gasteiger charge is -1.99. The summed E-state index contributed by atoms with van der Waals surface area (Å²) in [7, 11) is -4.15. The van der Waals surface area contributed by atoms with E-state index < -0.39 is 21.6 Å². The molecule has 7 nitrogen and oxygen atoms in total. The minimum Gasteiger partial charge on any atom is -0.383 e. The van der Waals surface area contributed by atoms with E-state index >= 15 is 0 Å². The molecule has 72 valence electrons. The molecule has 0 unspecified atom stereocenters. The summed E-state index contributed by atoms with van der Waals surface area (Å²) < 4.78 is 29.3. The number of nitrogens with one attached hydrogen (secondary N) is 1. The highest BCUT2D eigenvalue weighted by Crippen LogP contribution is 2.07. The van der Waals surface area contributed by atoms with Gasteiger partial charge in [-0.2, -0.15) is 13.4 Å². The van der Waals surface area contributed by atoms with Crippen LogP contribution in [0.15, 0.2) is 11.0 Å². The molecule has 0 radical (unpaired) electrons. The first-order valence-corrected chi connectivity index (χ1v) is 4.78. The first-order valence-electron chi connectivity index (χ1n) is 3.18. The number of aromatic nitrogens is 2. The van der Waals surface area contributed by atoms with Crippen LogP contribution in [-0.4, -0.2) is 22.9 Å². The van der Waals surface area contributed by atoms with Crippen LogP contribution in [0.5, 0.6) is 0 Å². The van der Waals surface area contributed by atoms with Crippen LogP contribution in [0.1, 0.15) is 5.56 Å². The minimum absolute atomic E-state index is 0.0575. The lowest BCUT2D eigenvalue weighted by atomic mass is 10.3. The van der Waals surface area contributed by atoms with E-state index in [9.17, 15) is 13.2 Å². The summed E-state index contributed by atoms with van der Waals surface area (Å²) in [5.74, 6) is -0.871. The maximum absolute atomic E-state index is 10.5. The van der Waals surface area contributed by atoms with Crippen LogP contribution >= 0.6 is 0 Å². The van der Waals surface area contributed by atoms with Gasteiger partial charge in [0.15, 0.2) is 0 Å². The lowest BCUT2D eigenvalue weighted by Crippen LogP contribution is -2.15. The smallest absolute Gasteiger partial charge is 0.346 e. The quantitative estimate of drug-likeness (QED) is 0.517. The lowest BCUT2D eigenvalue weighted by molar-refractivity contribution is 0.482. The third-order valence-corrected chi connectivity index (χ3v) is 1.93. The molecule has 0 aliphatic heterocycles. The number of H-pyrrole nitrogens is 1. The average Bonchev–Trinajstić information content (AvgIpc) is 1.93. The molecule has 0 aliphatic carbocycles. The van der Waals surface area contributed by atoms with Gasteiger partial charge < -0.3 is 10.7 Å². The van der Waals surface area contributed by atoms with Crippen molar-refractivity contribution in [2.24, 2.45) is 0 Å². The minimum atomic E-state index is -4.15. The fourth-order valence-electron chi connectivity index (χ4n) is 0.748. The van der Waals surface area contributed by atoms with Gasteiger partial charge in [0.25, 0.3) is 10.1 Å². The zero-order valence-electron chi connectivity index (χ0n) is 6.39. The summed E-state index contributed by atoms with van der Waals surface area (Å²) in [4.78, 5) is 15.9. The Morgan fingerprint density at radius 2 is 2.23 bits per heavy atom. The second-order valence-corrected chi connectivity index (χ2v) is 3.79. The third-order valence-electron chi connectivity index (χ3n) is 1.26. The Labute approximate surface area is 73.4 Å². The Balaban J connectivity index is 3.11. The van der Waals surface area contributed by atoms with Crippen LogP contribution in [0.25, 0.3) is 0 Å². The zero-order valence-corrected chi connectivity index (χ0v) is 7.21. The molecule has 4 N–H and O–H groups in total. The number of aromatic amines is 1. The summed E-state index contributed by atoms with van der Waals surface area (Å²) in [6.45, 7) is 0. The van der Waals surface area contributed by atoms with Gasteiger partial charge in [-0.15, -0.1) is 0 Å². The van der Waals surface area contributed by atoms with Crippen LogP contribution in [0.4, 0.5) is 5.82 Å².